The van der Waals surface area contributed by atoms with E-state index in [0.717, 1.165) is 51.2 Å². The number of hydrogen-bond donors (Lipinski definition) is 1. The summed E-state index contributed by atoms with van der Waals surface area (Å²) in [4.78, 5) is 20.8. The Kier molecular flexibility index (Phi) is 7.10. The third kappa shape index (κ3) is 6.07. The second-order valence-electron chi connectivity index (χ2n) is 8.55. The Hall–Kier alpha value is -2.46. The summed E-state index contributed by atoms with van der Waals surface area (Å²) in [5.74, 6) is 0.595. The van der Waals surface area contributed by atoms with Crippen LogP contribution in [-0.4, -0.2) is 64.6 Å². The maximum atomic E-state index is 12.9. The van der Waals surface area contributed by atoms with Gasteiger partial charge in [-0.25, -0.2) is 0 Å². The van der Waals surface area contributed by atoms with Gasteiger partial charge in [-0.2, -0.15) is 18.2 Å². The molecule has 174 valence electrons. The number of piperazine rings is 1. The van der Waals surface area contributed by atoms with Crippen molar-refractivity contribution in [3.05, 3.63) is 35.7 Å². The zero-order valence-electron chi connectivity index (χ0n) is 17.9. The van der Waals surface area contributed by atoms with Crippen LogP contribution in [0, 0.1) is 0 Å². The van der Waals surface area contributed by atoms with E-state index in [1.54, 1.807) is 0 Å². The summed E-state index contributed by atoms with van der Waals surface area (Å²) < 4.78 is 44.0. The highest BCUT2D eigenvalue weighted by Crippen LogP contribution is 2.31. The molecule has 4 rings (SSSR count). The number of alkyl halides is 3. The maximum absolute atomic E-state index is 12.9. The lowest BCUT2D eigenvalue weighted by molar-refractivity contribution is -0.137. The molecule has 10 heteroatoms. The van der Waals surface area contributed by atoms with Crippen molar-refractivity contribution >= 4 is 5.91 Å². The average Bonchev–Trinajstić information content (AvgIpc) is 3.24. The number of carbonyl (C=O) groups is 1. The molecule has 1 aliphatic carbocycles. The third-order valence-corrected chi connectivity index (χ3v) is 6.08. The van der Waals surface area contributed by atoms with E-state index in [0.29, 0.717) is 25.0 Å². The summed E-state index contributed by atoms with van der Waals surface area (Å²) >= 11 is 0. The molecule has 1 aromatic carbocycles. The fraction of sp³-hybridized carbons (Fsp3) is 0.591. The molecule has 2 fully saturated rings. The van der Waals surface area contributed by atoms with Crippen molar-refractivity contribution < 1.29 is 22.5 Å². The van der Waals surface area contributed by atoms with Gasteiger partial charge in [-0.05, 0) is 25.0 Å². The summed E-state index contributed by atoms with van der Waals surface area (Å²) in [5, 5.41) is 6.99. The highest BCUT2D eigenvalue weighted by molar-refractivity contribution is 5.78. The molecular formula is C22H28F3N5O2. The highest BCUT2D eigenvalue weighted by Gasteiger charge is 2.31. The molecule has 1 N–H and O–H groups in total. The number of nitrogens with zero attached hydrogens (tertiary/aromatic N) is 4. The van der Waals surface area contributed by atoms with Gasteiger partial charge in [-0.3, -0.25) is 14.6 Å². The Morgan fingerprint density at radius 2 is 1.81 bits per heavy atom. The number of aromatic nitrogens is 2. The lowest BCUT2D eigenvalue weighted by Crippen LogP contribution is -2.50. The number of benzene rings is 1. The van der Waals surface area contributed by atoms with Gasteiger partial charge >= 0.3 is 6.18 Å². The normalized spacial score (nSPS) is 19.2. The average molecular weight is 451 g/mol. The third-order valence-electron chi connectivity index (χ3n) is 6.08. The van der Waals surface area contributed by atoms with Gasteiger partial charge in [0, 0.05) is 37.8 Å². The smallest absolute Gasteiger partial charge is 0.352 e. The molecule has 1 amide bonds. The van der Waals surface area contributed by atoms with Gasteiger partial charge < -0.3 is 9.84 Å². The van der Waals surface area contributed by atoms with E-state index < -0.39 is 11.7 Å². The number of carbonyl (C=O) groups excluding carboxylic acids is 1. The topological polar surface area (TPSA) is 74.5 Å². The Bertz CT molecular complexity index is 903. The lowest BCUT2D eigenvalue weighted by Gasteiger charge is -2.34. The molecule has 0 bridgehead atoms. The predicted molar refractivity (Wildman–Crippen MR) is 111 cm³/mol. The molecule has 7 nitrogen and oxygen atoms in total. The van der Waals surface area contributed by atoms with Crippen molar-refractivity contribution in [3.8, 4) is 11.4 Å². The minimum absolute atomic E-state index is 0.0907. The highest BCUT2D eigenvalue weighted by atomic mass is 19.4. The van der Waals surface area contributed by atoms with Gasteiger partial charge in [0.1, 0.15) is 0 Å². The summed E-state index contributed by atoms with van der Waals surface area (Å²) in [5.41, 5.74) is -0.478. The fourth-order valence-electron chi connectivity index (χ4n) is 4.29. The van der Waals surface area contributed by atoms with E-state index in [1.807, 2.05) is 0 Å². The zero-order chi connectivity index (χ0) is 22.6. The molecule has 1 aliphatic heterocycles. The Morgan fingerprint density at radius 1 is 1.09 bits per heavy atom. The van der Waals surface area contributed by atoms with Crippen LogP contribution in [0.5, 0.6) is 0 Å². The Labute approximate surface area is 184 Å². The first kappa shape index (κ1) is 22.7. The van der Waals surface area contributed by atoms with Crippen LogP contribution in [-0.2, 0) is 17.5 Å². The van der Waals surface area contributed by atoms with Crippen molar-refractivity contribution in [2.75, 3.05) is 32.7 Å². The van der Waals surface area contributed by atoms with Gasteiger partial charge in [0.25, 0.3) is 0 Å². The fourth-order valence-corrected chi connectivity index (χ4v) is 4.29. The van der Waals surface area contributed by atoms with Crippen LogP contribution in [0.3, 0.4) is 0 Å². The SMILES string of the molecule is O=C(CN1CCN(Cc2nc(-c3cccc(C(F)(F)F)c3)no2)CC1)NC1CCCCC1. The second-order valence-corrected chi connectivity index (χ2v) is 8.55. The van der Waals surface area contributed by atoms with Gasteiger partial charge in [-0.1, -0.05) is 36.6 Å². The van der Waals surface area contributed by atoms with Crippen molar-refractivity contribution in [3.63, 3.8) is 0 Å². The van der Waals surface area contributed by atoms with Crippen molar-refractivity contribution in [2.24, 2.45) is 0 Å². The maximum Gasteiger partial charge on any atom is 0.416 e. The van der Waals surface area contributed by atoms with Crippen LogP contribution in [0.2, 0.25) is 0 Å². The van der Waals surface area contributed by atoms with Crippen molar-refractivity contribution in [2.45, 2.75) is 50.9 Å². The van der Waals surface area contributed by atoms with Gasteiger partial charge in [0.05, 0.1) is 18.7 Å². The van der Waals surface area contributed by atoms with Gasteiger partial charge in [0.15, 0.2) is 0 Å². The Balaban J connectivity index is 1.24. The molecule has 2 heterocycles. The first-order valence-electron chi connectivity index (χ1n) is 11.1. The molecule has 0 atom stereocenters. The lowest BCUT2D eigenvalue weighted by atomic mass is 9.95. The largest absolute Gasteiger partial charge is 0.416 e. The first-order valence-corrected chi connectivity index (χ1v) is 11.1. The molecule has 2 aromatic rings. The van der Waals surface area contributed by atoms with Gasteiger partial charge in [-0.15, -0.1) is 0 Å². The monoisotopic (exact) mass is 451 g/mol. The van der Waals surface area contributed by atoms with Crippen molar-refractivity contribution in [1.29, 1.82) is 0 Å². The number of amides is 1. The zero-order valence-corrected chi connectivity index (χ0v) is 17.9. The second kappa shape index (κ2) is 9.99. The molecule has 0 unspecified atom stereocenters. The molecular weight excluding hydrogens is 423 g/mol. The van der Waals surface area contributed by atoms with Crippen LogP contribution in [0.25, 0.3) is 11.4 Å². The summed E-state index contributed by atoms with van der Waals surface area (Å²) in [6.45, 7) is 3.84. The summed E-state index contributed by atoms with van der Waals surface area (Å²) in [6, 6.07) is 5.21. The van der Waals surface area contributed by atoms with Crippen LogP contribution in [0.4, 0.5) is 13.2 Å². The Morgan fingerprint density at radius 3 is 2.53 bits per heavy atom. The predicted octanol–water partition coefficient (Wildman–Crippen LogP) is 3.32. The number of hydrogen-bond acceptors (Lipinski definition) is 6. The van der Waals surface area contributed by atoms with Crippen LogP contribution in [0.15, 0.2) is 28.8 Å². The van der Waals surface area contributed by atoms with E-state index in [9.17, 15) is 18.0 Å². The standard InChI is InChI=1S/C22H28F3N5O2/c23-22(24,25)17-6-4-5-16(13-17)21-27-20(32-28-21)15-30-11-9-29(10-12-30)14-19(31)26-18-7-2-1-3-8-18/h4-6,13,18H,1-3,7-12,14-15H2,(H,26,31). The molecule has 1 aromatic heterocycles. The summed E-state index contributed by atoms with van der Waals surface area (Å²) in [6.07, 6.45) is 1.37. The van der Waals surface area contributed by atoms with Gasteiger partial charge in [0.2, 0.25) is 17.6 Å². The van der Waals surface area contributed by atoms with Crippen LogP contribution < -0.4 is 5.32 Å². The van der Waals surface area contributed by atoms with E-state index >= 15 is 0 Å². The summed E-state index contributed by atoms with van der Waals surface area (Å²) in [7, 11) is 0. The minimum atomic E-state index is -4.42. The first-order chi connectivity index (χ1) is 15.4. The van der Waals surface area contributed by atoms with E-state index in [1.165, 1.54) is 31.4 Å². The minimum Gasteiger partial charge on any atom is -0.352 e. The van der Waals surface area contributed by atoms with Crippen molar-refractivity contribution in [1.82, 2.24) is 25.3 Å². The van der Waals surface area contributed by atoms with E-state index in [2.05, 4.69) is 25.3 Å². The van der Waals surface area contributed by atoms with Crippen LogP contribution >= 0.6 is 0 Å². The number of nitrogens with one attached hydrogen (secondary N) is 1. The molecule has 1 saturated carbocycles. The number of halogens is 3. The van der Waals surface area contributed by atoms with E-state index in [4.69, 9.17) is 4.52 Å². The molecule has 2 aliphatic rings. The molecule has 1 saturated heterocycles. The van der Waals surface area contributed by atoms with E-state index in [-0.39, 0.29) is 17.3 Å². The molecule has 0 spiro atoms. The quantitative estimate of drug-likeness (QED) is 0.726. The molecule has 32 heavy (non-hydrogen) atoms. The molecule has 0 radical (unpaired) electrons. The van der Waals surface area contributed by atoms with Crippen LogP contribution in [0.1, 0.15) is 43.6 Å². The number of rotatable bonds is 6.